The lowest BCUT2D eigenvalue weighted by Gasteiger charge is -2.15. The quantitative estimate of drug-likeness (QED) is 0.806. The average molecular weight is 243 g/mol. The van der Waals surface area contributed by atoms with Crippen LogP contribution in [0.5, 0.6) is 0 Å². The minimum atomic E-state index is 0.932. The van der Waals surface area contributed by atoms with Gasteiger partial charge in [-0.3, -0.25) is 0 Å². The first-order chi connectivity index (χ1) is 8.16. The second-order valence-electron chi connectivity index (χ2n) is 4.37. The first-order valence-corrected chi connectivity index (χ1v) is 6.14. The van der Waals surface area contributed by atoms with Crippen LogP contribution in [0, 0.1) is 0 Å². The second-order valence-corrected chi connectivity index (χ2v) is 4.85. The van der Waals surface area contributed by atoms with Crippen LogP contribution in [-0.4, -0.2) is 14.1 Å². The number of hydrogen-bond acceptors (Lipinski definition) is 2. The molecule has 0 aliphatic rings. The summed E-state index contributed by atoms with van der Waals surface area (Å²) in [6, 6.07) is 16.8. The SMILES string of the molecule is CN(C)c1ccc(S)c(Cc2ccccc2)c1. The summed E-state index contributed by atoms with van der Waals surface area (Å²) in [7, 11) is 4.11. The van der Waals surface area contributed by atoms with Crippen molar-refractivity contribution in [2.24, 2.45) is 0 Å². The van der Waals surface area contributed by atoms with Crippen molar-refractivity contribution in [1.29, 1.82) is 0 Å². The molecule has 17 heavy (non-hydrogen) atoms. The van der Waals surface area contributed by atoms with Crippen LogP contribution in [0.4, 0.5) is 5.69 Å². The molecule has 0 atom stereocenters. The fraction of sp³-hybridized carbons (Fsp3) is 0.200. The second kappa shape index (κ2) is 5.28. The molecule has 0 spiro atoms. The Morgan fingerprint density at radius 1 is 1.00 bits per heavy atom. The number of thiol groups is 1. The Bertz CT molecular complexity index is 492. The maximum absolute atomic E-state index is 4.53. The van der Waals surface area contributed by atoms with Crippen molar-refractivity contribution in [3.63, 3.8) is 0 Å². The summed E-state index contributed by atoms with van der Waals surface area (Å²) in [5.74, 6) is 0. The third kappa shape index (κ3) is 3.04. The minimum Gasteiger partial charge on any atom is -0.378 e. The first kappa shape index (κ1) is 12.1. The molecular weight excluding hydrogens is 226 g/mol. The molecule has 2 heteroatoms. The van der Waals surface area contributed by atoms with E-state index in [1.807, 2.05) is 6.07 Å². The molecule has 2 aromatic carbocycles. The van der Waals surface area contributed by atoms with E-state index in [1.165, 1.54) is 16.8 Å². The molecule has 2 aromatic rings. The van der Waals surface area contributed by atoms with Crippen molar-refractivity contribution in [3.8, 4) is 0 Å². The van der Waals surface area contributed by atoms with Crippen LogP contribution in [0.3, 0.4) is 0 Å². The van der Waals surface area contributed by atoms with E-state index in [1.54, 1.807) is 0 Å². The van der Waals surface area contributed by atoms with Crippen LogP contribution in [0.15, 0.2) is 53.4 Å². The number of benzene rings is 2. The van der Waals surface area contributed by atoms with Crippen LogP contribution in [0.2, 0.25) is 0 Å². The summed E-state index contributed by atoms with van der Waals surface area (Å²) in [4.78, 5) is 3.17. The third-order valence-electron chi connectivity index (χ3n) is 2.82. The summed E-state index contributed by atoms with van der Waals surface area (Å²) in [5.41, 5.74) is 3.80. The monoisotopic (exact) mass is 243 g/mol. The van der Waals surface area contributed by atoms with E-state index in [0.717, 1.165) is 11.3 Å². The summed E-state index contributed by atoms with van der Waals surface area (Å²) >= 11 is 4.53. The molecule has 0 N–H and O–H groups in total. The first-order valence-electron chi connectivity index (χ1n) is 5.70. The summed E-state index contributed by atoms with van der Waals surface area (Å²) < 4.78 is 0. The van der Waals surface area contributed by atoms with Gasteiger partial charge in [-0.25, -0.2) is 0 Å². The smallest absolute Gasteiger partial charge is 0.0364 e. The molecule has 0 fully saturated rings. The molecule has 0 radical (unpaired) electrons. The molecule has 0 unspecified atom stereocenters. The normalized spacial score (nSPS) is 10.3. The van der Waals surface area contributed by atoms with Gasteiger partial charge in [-0.05, 0) is 35.7 Å². The maximum atomic E-state index is 4.53. The van der Waals surface area contributed by atoms with E-state index in [-0.39, 0.29) is 0 Å². The van der Waals surface area contributed by atoms with Crippen LogP contribution in [0.1, 0.15) is 11.1 Å². The Morgan fingerprint density at radius 2 is 1.71 bits per heavy atom. The lowest BCUT2D eigenvalue weighted by molar-refractivity contribution is 1.08. The fourth-order valence-corrected chi connectivity index (χ4v) is 2.03. The zero-order valence-electron chi connectivity index (χ0n) is 10.2. The van der Waals surface area contributed by atoms with Crippen molar-refractivity contribution in [2.75, 3.05) is 19.0 Å². The van der Waals surface area contributed by atoms with E-state index in [9.17, 15) is 0 Å². The zero-order valence-corrected chi connectivity index (χ0v) is 11.1. The molecule has 0 aliphatic heterocycles. The predicted molar refractivity (Wildman–Crippen MR) is 77.3 cm³/mol. The Balaban J connectivity index is 2.29. The highest BCUT2D eigenvalue weighted by molar-refractivity contribution is 7.80. The van der Waals surface area contributed by atoms with E-state index >= 15 is 0 Å². The number of nitrogens with zero attached hydrogens (tertiary/aromatic N) is 1. The van der Waals surface area contributed by atoms with Gasteiger partial charge >= 0.3 is 0 Å². The molecule has 0 amide bonds. The van der Waals surface area contributed by atoms with Crippen molar-refractivity contribution >= 4 is 18.3 Å². The largest absolute Gasteiger partial charge is 0.378 e. The van der Waals surface area contributed by atoms with E-state index in [4.69, 9.17) is 0 Å². The molecule has 0 aliphatic carbocycles. The molecule has 0 bridgehead atoms. The Labute approximate surface area is 108 Å². The zero-order chi connectivity index (χ0) is 12.3. The molecule has 0 heterocycles. The predicted octanol–water partition coefficient (Wildman–Crippen LogP) is 3.63. The molecule has 0 saturated heterocycles. The molecular formula is C15H17NS. The van der Waals surface area contributed by atoms with Crippen LogP contribution >= 0.6 is 12.6 Å². The topological polar surface area (TPSA) is 3.24 Å². The summed E-state index contributed by atoms with van der Waals surface area (Å²) in [6.07, 6.45) is 0.932. The van der Waals surface area contributed by atoms with E-state index < -0.39 is 0 Å². The average Bonchev–Trinajstić information content (AvgIpc) is 2.33. The molecule has 0 saturated carbocycles. The maximum Gasteiger partial charge on any atom is 0.0364 e. The lowest BCUT2D eigenvalue weighted by atomic mass is 10.0. The van der Waals surface area contributed by atoms with Crippen molar-refractivity contribution in [3.05, 3.63) is 59.7 Å². The molecule has 2 rings (SSSR count). The van der Waals surface area contributed by atoms with Crippen molar-refractivity contribution in [2.45, 2.75) is 11.3 Å². The van der Waals surface area contributed by atoms with Crippen LogP contribution < -0.4 is 4.90 Å². The highest BCUT2D eigenvalue weighted by atomic mass is 32.1. The Hall–Kier alpha value is -1.41. The third-order valence-corrected chi connectivity index (χ3v) is 3.25. The van der Waals surface area contributed by atoms with E-state index in [0.29, 0.717) is 0 Å². The lowest BCUT2D eigenvalue weighted by Crippen LogP contribution is -2.09. The highest BCUT2D eigenvalue weighted by Crippen LogP contribution is 2.23. The summed E-state index contributed by atoms with van der Waals surface area (Å²) in [5, 5.41) is 0. The van der Waals surface area contributed by atoms with Crippen LogP contribution in [-0.2, 0) is 6.42 Å². The van der Waals surface area contributed by atoms with Gasteiger partial charge in [0, 0.05) is 24.7 Å². The number of rotatable bonds is 3. The van der Waals surface area contributed by atoms with E-state index in [2.05, 4.69) is 74.1 Å². The minimum absolute atomic E-state index is 0.932. The van der Waals surface area contributed by atoms with Gasteiger partial charge in [0.15, 0.2) is 0 Å². The van der Waals surface area contributed by atoms with Crippen LogP contribution in [0.25, 0.3) is 0 Å². The van der Waals surface area contributed by atoms with Gasteiger partial charge in [-0.1, -0.05) is 30.3 Å². The van der Waals surface area contributed by atoms with Gasteiger partial charge in [0.1, 0.15) is 0 Å². The van der Waals surface area contributed by atoms with Gasteiger partial charge in [0.25, 0.3) is 0 Å². The Morgan fingerprint density at radius 3 is 2.35 bits per heavy atom. The fourth-order valence-electron chi connectivity index (χ4n) is 1.81. The van der Waals surface area contributed by atoms with Gasteiger partial charge in [-0.15, -0.1) is 12.6 Å². The van der Waals surface area contributed by atoms with Crippen molar-refractivity contribution < 1.29 is 0 Å². The standard InChI is InChI=1S/C15H17NS/c1-16(2)14-8-9-15(17)13(11-14)10-12-6-4-3-5-7-12/h3-9,11,17H,10H2,1-2H3. The molecule has 0 aromatic heterocycles. The van der Waals surface area contributed by atoms with Gasteiger partial charge in [0.2, 0.25) is 0 Å². The summed E-state index contributed by atoms with van der Waals surface area (Å²) in [6.45, 7) is 0. The Kier molecular flexibility index (Phi) is 3.75. The van der Waals surface area contributed by atoms with Gasteiger partial charge in [-0.2, -0.15) is 0 Å². The molecule has 88 valence electrons. The number of anilines is 1. The van der Waals surface area contributed by atoms with Crippen molar-refractivity contribution in [1.82, 2.24) is 0 Å². The highest BCUT2D eigenvalue weighted by Gasteiger charge is 2.03. The molecule has 1 nitrogen and oxygen atoms in total. The van der Waals surface area contributed by atoms with Gasteiger partial charge in [0.05, 0.1) is 0 Å². The van der Waals surface area contributed by atoms with Gasteiger partial charge < -0.3 is 4.90 Å². The number of hydrogen-bond donors (Lipinski definition) is 1.